The van der Waals surface area contributed by atoms with Crippen LogP contribution < -0.4 is 14.8 Å². The summed E-state index contributed by atoms with van der Waals surface area (Å²) in [6, 6.07) is 14.8. The number of rotatable bonds is 10. The van der Waals surface area contributed by atoms with Crippen molar-refractivity contribution in [3.63, 3.8) is 0 Å². The van der Waals surface area contributed by atoms with Gasteiger partial charge in [0.1, 0.15) is 11.6 Å². The molecule has 0 bridgehead atoms. The first-order valence-electron chi connectivity index (χ1n) is 10.5. The monoisotopic (exact) mass is 447 g/mol. The number of fused-ring (bicyclic) bond motifs is 1. The molecule has 0 radical (unpaired) electrons. The van der Waals surface area contributed by atoms with E-state index >= 15 is 0 Å². The molecule has 0 aliphatic rings. The molecule has 0 aliphatic carbocycles. The summed E-state index contributed by atoms with van der Waals surface area (Å²) < 4.78 is 15.6. The van der Waals surface area contributed by atoms with Crippen LogP contribution in [0.1, 0.15) is 18.1 Å². The third-order valence-electron chi connectivity index (χ3n) is 4.87. The van der Waals surface area contributed by atoms with E-state index in [0.29, 0.717) is 36.6 Å². The Balaban J connectivity index is 1.66. The van der Waals surface area contributed by atoms with E-state index in [2.05, 4.69) is 15.0 Å². The van der Waals surface area contributed by atoms with Gasteiger partial charge in [-0.25, -0.2) is 4.79 Å². The maximum Gasteiger partial charge on any atom is 0.343 e. The Kier molecular flexibility index (Phi) is 8.08. The zero-order valence-electron chi connectivity index (χ0n) is 18.5. The van der Waals surface area contributed by atoms with Gasteiger partial charge in [-0.3, -0.25) is 4.79 Å². The molecule has 33 heavy (non-hydrogen) atoms. The minimum atomic E-state index is -0.516. The Morgan fingerprint density at radius 2 is 1.97 bits per heavy atom. The van der Waals surface area contributed by atoms with Crippen molar-refractivity contribution in [2.75, 3.05) is 26.9 Å². The van der Waals surface area contributed by atoms with E-state index in [4.69, 9.17) is 9.47 Å². The highest BCUT2D eigenvalue weighted by molar-refractivity contribution is 6.01. The first-order chi connectivity index (χ1) is 16.0. The summed E-state index contributed by atoms with van der Waals surface area (Å²) in [4.78, 5) is 27.1. The second kappa shape index (κ2) is 11.4. The van der Waals surface area contributed by atoms with Gasteiger partial charge in [0.05, 0.1) is 13.7 Å². The highest BCUT2D eigenvalue weighted by atomic mass is 16.6. The van der Waals surface area contributed by atoms with Crippen molar-refractivity contribution in [1.29, 1.82) is 5.26 Å². The SMILES string of the molecule is CCOc1cc(/C=C(\C#N)C(=O)NCCc2c[nH]c3ccccc23)ccc1OCC(=O)OC. The van der Waals surface area contributed by atoms with E-state index in [1.54, 1.807) is 18.2 Å². The number of methoxy groups -OCH3 is 1. The molecule has 0 fully saturated rings. The van der Waals surface area contributed by atoms with Gasteiger partial charge in [-0.1, -0.05) is 24.3 Å². The number of para-hydroxylation sites is 1. The van der Waals surface area contributed by atoms with Crippen LogP contribution in [-0.4, -0.2) is 43.7 Å². The van der Waals surface area contributed by atoms with Gasteiger partial charge in [0.15, 0.2) is 18.1 Å². The maximum absolute atomic E-state index is 12.5. The Hall–Kier alpha value is -4.25. The average Bonchev–Trinajstić information content (AvgIpc) is 3.25. The third kappa shape index (κ3) is 6.14. The molecule has 1 aromatic heterocycles. The lowest BCUT2D eigenvalue weighted by molar-refractivity contribution is -0.142. The predicted molar refractivity (Wildman–Crippen MR) is 124 cm³/mol. The Labute approximate surface area is 191 Å². The van der Waals surface area contributed by atoms with Gasteiger partial charge >= 0.3 is 5.97 Å². The number of esters is 1. The molecule has 0 saturated heterocycles. The van der Waals surface area contributed by atoms with Gasteiger partial charge < -0.3 is 24.5 Å². The minimum Gasteiger partial charge on any atom is -0.490 e. The smallest absolute Gasteiger partial charge is 0.343 e. The Bertz CT molecular complexity index is 1210. The lowest BCUT2D eigenvalue weighted by atomic mass is 10.1. The van der Waals surface area contributed by atoms with Crippen molar-refractivity contribution in [3.8, 4) is 17.6 Å². The minimum absolute atomic E-state index is 0.0281. The van der Waals surface area contributed by atoms with Crippen LogP contribution in [0.2, 0.25) is 0 Å². The fraction of sp³-hybridized carbons (Fsp3) is 0.240. The highest BCUT2D eigenvalue weighted by Gasteiger charge is 2.12. The first kappa shape index (κ1) is 23.4. The van der Waals surface area contributed by atoms with Gasteiger partial charge in [0, 0.05) is 23.6 Å². The maximum atomic E-state index is 12.5. The molecular weight excluding hydrogens is 422 g/mol. The van der Waals surface area contributed by atoms with E-state index in [-0.39, 0.29) is 12.2 Å². The number of hydrogen-bond acceptors (Lipinski definition) is 6. The Morgan fingerprint density at radius 1 is 1.15 bits per heavy atom. The van der Waals surface area contributed by atoms with Gasteiger partial charge in [-0.2, -0.15) is 5.26 Å². The molecule has 3 aromatic rings. The van der Waals surface area contributed by atoms with Crippen molar-refractivity contribution in [2.24, 2.45) is 0 Å². The largest absolute Gasteiger partial charge is 0.490 e. The molecule has 3 rings (SSSR count). The number of H-pyrrole nitrogens is 1. The van der Waals surface area contributed by atoms with Gasteiger partial charge in [0.25, 0.3) is 5.91 Å². The van der Waals surface area contributed by atoms with Crippen molar-refractivity contribution in [3.05, 3.63) is 65.4 Å². The van der Waals surface area contributed by atoms with Gasteiger partial charge in [0.2, 0.25) is 0 Å². The second-order valence-electron chi connectivity index (χ2n) is 7.04. The standard InChI is InChI=1S/C25H25N3O5/c1-3-32-23-13-17(8-9-22(23)33-16-24(29)31-2)12-19(14-26)25(30)27-11-10-18-15-28-21-7-5-4-6-20(18)21/h4-9,12-13,15,28H,3,10-11,16H2,1-2H3,(H,27,30)/b19-12+. The fourth-order valence-corrected chi connectivity index (χ4v) is 3.26. The predicted octanol–water partition coefficient (Wildman–Crippen LogP) is 3.38. The fourth-order valence-electron chi connectivity index (χ4n) is 3.26. The third-order valence-corrected chi connectivity index (χ3v) is 4.87. The van der Waals surface area contributed by atoms with Crippen LogP contribution in [0, 0.1) is 11.3 Å². The highest BCUT2D eigenvalue weighted by Crippen LogP contribution is 2.29. The van der Waals surface area contributed by atoms with Gasteiger partial charge in [-0.05, 0) is 48.7 Å². The molecule has 0 saturated carbocycles. The molecule has 170 valence electrons. The van der Waals surface area contributed by atoms with Crippen molar-refractivity contribution in [2.45, 2.75) is 13.3 Å². The van der Waals surface area contributed by atoms with Crippen LogP contribution in [0.5, 0.6) is 11.5 Å². The number of amides is 1. The number of nitrogens with one attached hydrogen (secondary N) is 2. The van der Waals surface area contributed by atoms with Crippen LogP contribution in [0.4, 0.5) is 0 Å². The molecule has 2 N–H and O–H groups in total. The molecule has 2 aromatic carbocycles. The summed E-state index contributed by atoms with van der Waals surface area (Å²) in [5, 5.41) is 13.4. The number of nitrogens with zero attached hydrogens (tertiary/aromatic N) is 1. The van der Waals surface area contributed by atoms with Crippen molar-refractivity contribution < 1.29 is 23.8 Å². The summed E-state index contributed by atoms with van der Waals surface area (Å²) in [7, 11) is 1.28. The molecule has 1 heterocycles. The average molecular weight is 447 g/mol. The van der Waals surface area contributed by atoms with E-state index in [1.165, 1.54) is 13.2 Å². The van der Waals surface area contributed by atoms with E-state index in [0.717, 1.165) is 16.5 Å². The van der Waals surface area contributed by atoms with E-state index in [9.17, 15) is 14.9 Å². The number of nitriles is 1. The molecule has 0 atom stereocenters. The number of carbonyl (C=O) groups is 2. The molecule has 0 aliphatic heterocycles. The van der Waals surface area contributed by atoms with Crippen LogP contribution >= 0.6 is 0 Å². The van der Waals surface area contributed by atoms with E-state index in [1.807, 2.05) is 43.5 Å². The van der Waals surface area contributed by atoms with Crippen LogP contribution in [0.3, 0.4) is 0 Å². The number of ether oxygens (including phenoxy) is 3. The summed E-state index contributed by atoms with van der Waals surface area (Å²) in [6.07, 6.45) is 4.04. The second-order valence-corrected chi connectivity index (χ2v) is 7.04. The molecule has 0 unspecified atom stereocenters. The normalized spacial score (nSPS) is 11.0. The van der Waals surface area contributed by atoms with Crippen molar-refractivity contribution in [1.82, 2.24) is 10.3 Å². The van der Waals surface area contributed by atoms with Crippen molar-refractivity contribution >= 4 is 28.9 Å². The topological polar surface area (TPSA) is 113 Å². The zero-order chi connectivity index (χ0) is 23.6. The first-order valence-corrected chi connectivity index (χ1v) is 10.5. The lowest BCUT2D eigenvalue weighted by Crippen LogP contribution is -2.26. The number of hydrogen-bond donors (Lipinski definition) is 2. The number of benzene rings is 2. The summed E-state index contributed by atoms with van der Waals surface area (Å²) in [6.45, 7) is 2.33. The summed E-state index contributed by atoms with van der Waals surface area (Å²) in [5.41, 5.74) is 2.70. The zero-order valence-corrected chi connectivity index (χ0v) is 18.5. The Morgan fingerprint density at radius 3 is 2.73 bits per heavy atom. The number of aromatic amines is 1. The van der Waals surface area contributed by atoms with Gasteiger partial charge in [-0.15, -0.1) is 0 Å². The van der Waals surface area contributed by atoms with Crippen LogP contribution in [-0.2, 0) is 20.7 Å². The lowest BCUT2D eigenvalue weighted by Gasteiger charge is -2.12. The van der Waals surface area contributed by atoms with Crippen LogP contribution in [0.25, 0.3) is 17.0 Å². The summed E-state index contributed by atoms with van der Waals surface area (Å²) >= 11 is 0. The summed E-state index contributed by atoms with van der Waals surface area (Å²) in [5.74, 6) is -0.216. The molecule has 8 heteroatoms. The molecule has 0 spiro atoms. The van der Waals surface area contributed by atoms with Crippen LogP contribution in [0.15, 0.2) is 54.2 Å². The number of aromatic nitrogens is 1. The molecular formula is C25H25N3O5. The van der Waals surface area contributed by atoms with E-state index < -0.39 is 11.9 Å². The molecule has 8 nitrogen and oxygen atoms in total. The quantitative estimate of drug-likeness (QED) is 0.280. The number of carbonyl (C=O) groups excluding carboxylic acids is 2. The molecule has 1 amide bonds.